The Labute approximate surface area is 107 Å². The van der Waals surface area contributed by atoms with Gasteiger partial charge in [-0.05, 0) is 12.5 Å². The monoisotopic (exact) mass is 246 g/mol. The highest BCUT2D eigenvalue weighted by atomic mass is 16.5. The van der Waals surface area contributed by atoms with Crippen molar-refractivity contribution in [1.29, 1.82) is 0 Å². The van der Waals surface area contributed by atoms with E-state index in [-0.39, 0.29) is 5.97 Å². The molecular weight excluding hydrogens is 228 g/mol. The Morgan fingerprint density at radius 2 is 2.06 bits per heavy atom. The average Bonchev–Trinajstić information content (AvgIpc) is 2.72. The molecule has 0 atom stereocenters. The van der Waals surface area contributed by atoms with Crippen LogP contribution >= 0.6 is 0 Å². The van der Waals surface area contributed by atoms with E-state index in [4.69, 9.17) is 10.5 Å². The molecule has 0 aromatic heterocycles. The van der Waals surface area contributed by atoms with Crippen LogP contribution in [0.2, 0.25) is 0 Å². The van der Waals surface area contributed by atoms with Crippen LogP contribution in [0.4, 0.5) is 0 Å². The van der Waals surface area contributed by atoms with E-state index in [0.29, 0.717) is 31.0 Å². The maximum Gasteiger partial charge on any atom is 0.337 e. The molecule has 0 fully saturated rings. The van der Waals surface area contributed by atoms with Gasteiger partial charge in [0, 0.05) is 25.3 Å². The number of esters is 1. The summed E-state index contributed by atoms with van der Waals surface area (Å²) >= 11 is 0. The van der Waals surface area contributed by atoms with E-state index >= 15 is 0 Å². The minimum Gasteiger partial charge on any atom is -0.463 e. The van der Waals surface area contributed by atoms with Crippen LogP contribution in [0.15, 0.2) is 41.6 Å². The second-order valence-corrected chi connectivity index (χ2v) is 4.36. The summed E-state index contributed by atoms with van der Waals surface area (Å²) in [5.74, 6) is -0.287. The highest BCUT2D eigenvalue weighted by Gasteiger charge is 2.25. The van der Waals surface area contributed by atoms with Crippen LogP contribution in [0.1, 0.15) is 12.5 Å². The molecule has 1 aromatic carbocycles. The van der Waals surface area contributed by atoms with Gasteiger partial charge in [0.2, 0.25) is 0 Å². The van der Waals surface area contributed by atoms with Crippen molar-refractivity contribution in [3.8, 4) is 0 Å². The van der Waals surface area contributed by atoms with Gasteiger partial charge in [-0.15, -0.1) is 0 Å². The highest BCUT2D eigenvalue weighted by Crippen LogP contribution is 2.17. The summed E-state index contributed by atoms with van der Waals surface area (Å²) in [5.41, 5.74) is 8.34. The maximum atomic E-state index is 11.7. The lowest BCUT2D eigenvalue weighted by Crippen LogP contribution is -2.23. The van der Waals surface area contributed by atoms with Gasteiger partial charge in [0.15, 0.2) is 0 Å². The number of carbonyl (C=O) groups excluding carboxylic acids is 1. The number of hydrogen-bond acceptors (Lipinski definition) is 4. The molecule has 2 N–H and O–H groups in total. The molecule has 1 aromatic rings. The van der Waals surface area contributed by atoms with Crippen LogP contribution in [-0.2, 0) is 16.1 Å². The van der Waals surface area contributed by atoms with Crippen molar-refractivity contribution in [3.05, 3.63) is 47.2 Å². The number of carbonyl (C=O) groups is 1. The van der Waals surface area contributed by atoms with Crippen LogP contribution in [0, 0.1) is 0 Å². The van der Waals surface area contributed by atoms with Crippen LogP contribution in [-0.4, -0.2) is 30.6 Å². The zero-order valence-corrected chi connectivity index (χ0v) is 10.6. The predicted molar refractivity (Wildman–Crippen MR) is 69.6 cm³/mol. The molecule has 4 nitrogen and oxygen atoms in total. The second-order valence-electron chi connectivity index (χ2n) is 4.36. The first-order valence-electron chi connectivity index (χ1n) is 6.11. The summed E-state index contributed by atoms with van der Waals surface area (Å²) < 4.78 is 4.99. The van der Waals surface area contributed by atoms with Crippen molar-refractivity contribution in [2.75, 3.05) is 19.7 Å². The van der Waals surface area contributed by atoms with Gasteiger partial charge >= 0.3 is 5.97 Å². The van der Waals surface area contributed by atoms with Crippen molar-refractivity contribution in [2.45, 2.75) is 13.5 Å². The normalized spacial score (nSPS) is 16.1. The minimum absolute atomic E-state index is 0.287. The first-order chi connectivity index (χ1) is 8.70. The molecule has 0 saturated carbocycles. The number of nitrogens with zero attached hydrogens (tertiary/aromatic N) is 1. The Hall–Kier alpha value is -1.81. The molecule has 0 aliphatic carbocycles. The zero-order chi connectivity index (χ0) is 13.0. The molecule has 0 amide bonds. The van der Waals surface area contributed by atoms with Crippen molar-refractivity contribution >= 4 is 5.97 Å². The summed E-state index contributed by atoms with van der Waals surface area (Å²) in [4.78, 5) is 13.8. The summed E-state index contributed by atoms with van der Waals surface area (Å²) in [6.07, 6.45) is 0. The molecule has 2 rings (SSSR count). The van der Waals surface area contributed by atoms with E-state index in [1.54, 1.807) is 6.92 Å². The number of nitrogens with two attached hydrogens (primary N) is 1. The van der Waals surface area contributed by atoms with Gasteiger partial charge in [-0.3, -0.25) is 4.90 Å². The van der Waals surface area contributed by atoms with Gasteiger partial charge in [-0.2, -0.15) is 0 Å². The molecule has 96 valence electrons. The highest BCUT2D eigenvalue weighted by molar-refractivity contribution is 5.90. The Morgan fingerprint density at radius 1 is 1.33 bits per heavy atom. The third kappa shape index (κ3) is 2.90. The molecular formula is C14H18N2O2. The predicted octanol–water partition coefficient (Wildman–Crippen LogP) is 1.28. The molecule has 1 heterocycles. The molecule has 0 bridgehead atoms. The first kappa shape index (κ1) is 12.6. The SMILES string of the molecule is CCOC(=O)C1=C(N)CN(Cc2ccccc2)C1. The van der Waals surface area contributed by atoms with Gasteiger partial charge in [0.05, 0.1) is 12.2 Å². The lowest BCUT2D eigenvalue weighted by Gasteiger charge is -2.15. The number of benzene rings is 1. The summed E-state index contributed by atoms with van der Waals surface area (Å²) in [6.45, 7) is 4.17. The van der Waals surface area contributed by atoms with Crippen LogP contribution < -0.4 is 5.73 Å². The second kappa shape index (κ2) is 5.69. The van der Waals surface area contributed by atoms with Crippen LogP contribution in [0.25, 0.3) is 0 Å². The van der Waals surface area contributed by atoms with E-state index in [1.807, 2.05) is 18.2 Å². The fourth-order valence-electron chi connectivity index (χ4n) is 2.08. The van der Waals surface area contributed by atoms with E-state index in [0.717, 1.165) is 6.54 Å². The molecule has 1 aliphatic heterocycles. The number of ether oxygens (including phenoxy) is 1. The van der Waals surface area contributed by atoms with Gasteiger partial charge in [0.1, 0.15) is 0 Å². The molecule has 18 heavy (non-hydrogen) atoms. The standard InChI is InChI=1S/C14H18N2O2/c1-2-18-14(17)12-9-16(10-13(12)15)8-11-6-4-3-5-7-11/h3-7H,2,8-10,15H2,1H3. The van der Waals surface area contributed by atoms with Crippen molar-refractivity contribution in [3.63, 3.8) is 0 Å². The van der Waals surface area contributed by atoms with Gasteiger partial charge in [-0.1, -0.05) is 30.3 Å². The largest absolute Gasteiger partial charge is 0.463 e. The average molecular weight is 246 g/mol. The number of rotatable bonds is 4. The van der Waals surface area contributed by atoms with Crippen molar-refractivity contribution < 1.29 is 9.53 Å². The van der Waals surface area contributed by atoms with E-state index in [2.05, 4.69) is 17.0 Å². The maximum absolute atomic E-state index is 11.7. The lowest BCUT2D eigenvalue weighted by molar-refractivity contribution is -0.138. The van der Waals surface area contributed by atoms with E-state index in [9.17, 15) is 4.79 Å². The molecule has 0 radical (unpaired) electrons. The van der Waals surface area contributed by atoms with E-state index < -0.39 is 0 Å². The van der Waals surface area contributed by atoms with Gasteiger partial charge in [0.25, 0.3) is 0 Å². The smallest absolute Gasteiger partial charge is 0.337 e. The molecule has 4 heteroatoms. The fourth-order valence-corrected chi connectivity index (χ4v) is 2.08. The third-order valence-electron chi connectivity index (χ3n) is 2.93. The fraction of sp³-hybridized carbons (Fsp3) is 0.357. The molecule has 1 aliphatic rings. The number of hydrogen-bond donors (Lipinski definition) is 1. The van der Waals surface area contributed by atoms with E-state index in [1.165, 1.54) is 5.56 Å². The van der Waals surface area contributed by atoms with Crippen LogP contribution in [0.3, 0.4) is 0 Å². The zero-order valence-electron chi connectivity index (χ0n) is 10.6. The third-order valence-corrected chi connectivity index (χ3v) is 2.93. The Kier molecular flexibility index (Phi) is 3.99. The molecule has 0 saturated heterocycles. The lowest BCUT2D eigenvalue weighted by atomic mass is 10.2. The summed E-state index contributed by atoms with van der Waals surface area (Å²) in [5, 5.41) is 0. The molecule has 0 unspecified atom stereocenters. The molecule has 0 spiro atoms. The minimum atomic E-state index is -0.287. The Bertz CT molecular complexity index is 454. The van der Waals surface area contributed by atoms with Gasteiger partial charge < -0.3 is 10.5 Å². The topological polar surface area (TPSA) is 55.6 Å². The van der Waals surface area contributed by atoms with Crippen LogP contribution in [0.5, 0.6) is 0 Å². The summed E-state index contributed by atoms with van der Waals surface area (Å²) in [7, 11) is 0. The Balaban J connectivity index is 1.96. The summed E-state index contributed by atoms with van der Waals surface area (Å²) in [6, 6.07) is 10.1. The van der Waals surface area contributed by atoms with Crippen molar-refractivity contribution in [2.24, 2.45) is 5.73 Å². The van der Waals surface area contributed by atoms with Gasteiger partial charge in [-0.25, -0.2) is 4.79 Å². The quantitative estimate of drug-likeness (QED) is 0.813. The Morgan fingerprint density at radius 3 is 2.72 bits per heavy atom. The van der Waals surface area contributed by atoms with Crippen molar-refractivity contribution in [1.82, 2.24) is 4.90 Å². The first-order valence-corrected chi connectivity index (χ1v) is 6.11.